The largest absolute Gasteiger partial charge is 0.396 e. The molecule has 0 saturated carbocycles. The molecule has 2 N–H and O–H groups in total. The van der Waals surface area contributed by atoms with Crippen LogP contribution in [0.3, 0.4) is 0 Å². The van der Waals surface area contributed by atoms with E-state index in [1.807, 2.05) is 13.8 Å². The highest BCUT2D eigenvalue weighted by Crippen LogP contribution is 2.09. The van der Waals surface area contributed by atoms with E-state index in [9.17, 15) is 9.18 Å². The lowest BCUT2D eigenvalue weighted by Gasteiger charge is -2.18. The van der Waals surface area contributed by atoms with Gasteiger partial charge < -0.3 is 10.4 Å². The van der Waals surface area contributed by atoms with Crippen LogP contribution in [0.25, 0.3) is 5.69 Å². The monoisotopic (exact) mass is 305 g/mol. The minimum Gasteiger partial charge on any atom is -0.396 e. The Bertz CT molecular complexity index is 625. The van der Waals surface area contributed by atoms with E-state index in [2.05, 4.69) is 10.4 Å². The van der Waals surface area contributed by atoms with E-state index in [0.717, 1.165) is 5.69 Å². The number of nitrogens with one attached hydrogen (secondary N) is 1. The lowest BCUT2D eigenvalue weighted by Crippen LogP contribution is -2.39. The molecule has 0 bridgehead atoms. The van der Waals surface area contributed by atoms with Gasteiger partial charge in [-0.15, -0.1) is 0 Å². The summed E-state index contributed by atoms with van der Waals surface area (Å²) in [5.41, 5.74) is 1.36. The Balaban J connectivity index is 1.97. The van der Waals surface area contributed by atoms with Crippen molar-refractivity contribution in [2.24, 2.45) is 5.92 Å². The molecule has 2 unspecified atom stereocenters. The topological polar surface area (TPSA) is 67.2 Å². The van der Waals surface area contributed by atoms with E-state index in [1.165, 1.54) is 12.1 Å². The molecular formula is C16H20FN3O2. The minimum absolute atomic E-state index is 0.000669. The van der Waals surface area contributed by atoms with E-state index in [0.29, 0.717) is 5.69 Å². The third kappa shape index (κ3) is 4.14. The molecule has 1 heterocycles. The average Bonchev–Trinajstić information content (AvgIpc) is 2.95. The molecule has 1 aromatic heterocycles. The highest BCUT2D eigenvalue weighted by atomic mass is 19.1. The highest BCUT2D eigenvalue weighted by molar-refractivity contribution is 5.78. The summed E-state index contributed by atoms with van der Waals surface area (Å²) in [6.07, 6.45) is 1.90. The molecule has 1 aromatic carbocycles. The van der Waals surface area contributed by atoms with Gasteiger partial charge in [0.15, 0.2) is 0 Å². The molecule has 118 valence electrons. The maximum absolute atomic E-state index is 12.9. The number of carbonyl (C=O) groups is 1. The number of aliphatic hydroxyl groups is 1. The zero-order valence-corrected chi connectivity index (χ0v) is 12.7. The number of benzene rings is 1. The normalized spacial score (nSPS) is 13.6. The van der Waals surface area contributed by atoms with Crippen molar-refractivity contribution in [1.82, 2.24) is 15.1 Å². The molecule has 22 heavy (non-hydrogen) atoms. The Hall–Kier alpha value is -2.21. The number of carbonyl (C=O) groups excluding carboxylic acids is 1. The van der Waals surface area contributed by atoms with Gasteiger partial charge in [0.25, 0.3) is 0 Å². The second-order valence-electron chi connectivity index (χ2n) is 5.42. The molecule has 2 rings (SSSR count). The van der Waals surface area contributed by atoms with Crippen molar-refractivity contribution in [3.63, 3.8) is 0 Å². The Morgan fingerprint density at radius 1 is 1.32 bits per heavy atom. The first kappa shape index (κ1) is 16.2. The molecule has 0 aliphatic heterocycles. The van der Waals surface area contributed by atoms with E-state index in [1.54, 1.807) is 29.1 Å². The highest BCUT2D eigenvalue weighted by Gasteiger charge is 2.15. The number of aromatic nitrogens is 2. The predicted molar refractivity (Wildman–Crippen MR) is 81.1 cm³/mol. The molecule has 1 amide bonds. The van der Waals surface area contributed by atoms with E-state index in [-0.39, 0.29) is 36.7 Å². The van der Waals surface area contributed by atoms with Crippen LogP contribution in [-0.4, -0.2) is 33.4 Å². The van der Waals surface area contributed by atoms with Gasteiger partial charge in [-0.2, -0.15) is 5.10 Å². The zero-order valence-electron chi connectivity index (χ0n) is 12.7. The van der Waals surface area contributed by atoms with Crippen LogP contribution in [-0.2, 0) is 11.2 Å². The fourth-order valence-electron chi connectivity index (χ4n) is 1.96. The number of amides is 1. The molecule has 2 aromatic rings. The molecule has 0 spiro atoms. The molecule has 6 heteroatoms. The van der Waals surface area contributed by atoms with Crippen molar-refractivity contribution in [1.29, 1.82) is 0 Å². The number of halogens is 1. The van der Waals surface area contributed by atoms with Gasteiger partial charge in [0.2, 0.25) is 5.91 Å². The van der Waals surface area contributed by atoms with E-state index >= 15 is 0 Å². The SMILES string of the molecule is CC(CO)C(C)NC(=O)Cc1ccn(-c2ccc(F)cc2)n1. The zero-order chi connectivity index (χ0) is 16.1. The fourth-order valence-corrected chi connectivity index (χ4v) is 1.96. The van der Waals surface area contributed by atoms with Gasteiger partial charge in [-0.25, -0.2) is 9.07 Å². The Kier molecular flexibility index (Phi) is 5.27. The fraction of sp³-hybridized carbons (Fsp3) is 0.375. The first-order valence-electron chi connectivity index (χ1n) is 7.20. The summed E-state index contributed by atoms with van der Waals surface area (Å²) in [5, 5.41) is 16.2. The lowest BCUT2D eigenvalue weighted by molar-refractivity contribution is -0.121. The molecular weight excluding hydrogens is 285 g/mol. The standard InChI is InChI=1S/C16H20FN3O2/c1-11(10-21)12(2)18-16(22)9-14-7-8-20(19-14)15-5-3-13(17)4-6-15/h3-8,11-12,21H,9-10H2,1-2H3,(H,18,22). The molecule has 5 nitrogen and oxygen atoms in total. The summed E-state index contributed by atoms with van der Waals surface area (Å²) in [7, 11) is 0. The van der Waals surface area contributed by atoms with Crippen LogP contribution in [0.2, 0.25) is 0 Å². The van der Waals surface area contributed by atoms with Crippen molar-refractivity contribution in [3.05, 3.63) is 48.0 Å². The van der Waals surface area contributed by atoms with Crippen molar-refractivity contribution >= 4 is 5.91 Å². The maximum Gasteiger partial charge on any atom is 0.226 e. The van der Waals surface area contributed by atoms with Crippen LogP contribution in [0.1, 0.15) is 19.5 Å². The Morgan fingerprint density at radius 3 is 2.64 bits per heavy atom. The van der Waals surface area contributed by atoms with Crippen LogP contribution in [0.5, 0.6) is 0 Å². The van der Waals surface area contributed by atoms with E-state index in [4.69, 9.17) is 5.11 Å². The number of hydrogen-bond donors (Lipinski definition) is 2. The number of nitrogens with zero attached hydrogens (tertiary/aromatic N) is 2. The van der Waals surface area contributed by atoms with E-state index < -0.39 is 0 Å². The summed E-state index contributed by atoms with van der Waals surface area (Å²) < 4.78 is 14.5. The number of rotatable bonds is 6. The third-order valence-electron chi connectivity index (χ3n) is 3.61. The lowest BCUT2D eigenvalue weighted by atomic mass is 10.1. The summed E-state index contributed by atoms with van der Waals surface area (Å²) in [6, 6.07) is 7.62. The first-order valence-corrected chi connectivity index (χ1v) is 7.20. The van der Waals surface area contributed by atoms with Gasteiger partial charge in [0.1, 0.15) is 5.82 Å². The predicted octanol–water partition coefficient (Wildman–Crippen LogP) is 1.69. The van der Waals surface area contributed by atoms with Crippen LogP contribution in [0.15, 0.2) is 36.5 Å². The van der Waals surface area contributed by atoms with Crippen LogP contribution in [0.4, 0.5) is 4.39 Å². The molecule has 0 fully saturated rings. The molecule has 0 aliphatic carbocycles. The average molecular weight is 305 g/mol. The molecule has 0 aliphatic rings. The third-order valence-corrected chi connectivity index (χ3v) is 3.61. The van der Waals surface area contributed by atoms with Crippen molar-refractivity contribution in [2.45, 2.75) is 26.3 Å². The Labute approximate surface area is 128 Å². The molecule has 2 atom stereocenters. The van der Waals surface area contributed by atoms with Crippen molar-refractivity contribution < 1.29 is 14.3 Å². The molecule has 0 saturated heterocycles. The maximum atomic E-state index is 12.9. The first-order chi connectivity index (χ1) is 10.5. The van der Waals surface area contributed by atoms with Gasteiger partial charge in [-0.3, -0.25) is 4.79 Å². The number of aliphatic hydroxyl groups excluding tert-OH is 1. The smallest absolute Gasteiger partial charge is 0.226 e. The second kappa shape index (κ2) is 7.17. The molecule has 0 radical (unpaired) electrons. The van der Waals surface area contributed by atoms with Gasteiger partial charge >= 0.3 is 0 Å². The van der Waals surface area contributed by atoms with Gasteiger partial charge in [-0.05, 0) is 43.2 Å². The quantitative estimate of drug-likeness (QED) is 0.853. The Morgan fingerprint density at radius 2 is 2.00 bits per heavy atom. The summed E-state index contributed by atoms with van der Waals surface area (Å²) >= 11 is 0. The van der Waals surface area contributed by atoms with Crippen LogP contribution in [0, 0.1) is 11.7 Å². The summed E-state index contributed by atoms with van der Waals surface area (Å²) in [5.74, 6) is -0.444. The van der Waals surface area contributed by atoms with Crippen molar-refractivity contribution in [2.75, 3.05) is 6.61 Å². The van der Waals surface area contributed by atoms with Gasteiger partial charge in [-0.1, -0.05) is 6.92 Å². The second-order valence-corrected chi connectivity index (χ2v) is 5.42. The van der Waals surface area contributed by atoms with Crippen molar-refractivity contribution in [3.8, 4) is 5.69 Å². The minimum atomic E-state index is -0.303. The number of hydrogen-bond acceptors (Lipinski definition) is 3. The summed E-state index contributed by atoms with van der Waals surface area (Å²) in [6.45, 7) is 3.75. The van der Waals surface area contributed by atoms with Gasteiger partial charge in [0.05, 0.1) is 17.8 Å². The van der Waals surface area contributed by atoms with Crippen LogP contribution < -0.4 is 5.32 Å². The van der Waals surface area contributed by atoms with Gasteiger partial charge in [0, 0.05) is 18.8 Å². The summed E-state index contributed by atoms with van der Waals surface area (Å²) in [4.78, 5) is 11.9. The van der Waals surface area contributed by atoms with Crippen LogP contribution >= 0.6 is 0 Å².